The number of thioether (sulfide) groups is 1. The first kappa shape index (κ1) is 33.6. The van der Waals surface area contributed by atoms with Gasteiger partial charge in [0.15, 0.2) is 5.37 Å². The molecular weight excluding hydrogens is 548 g/mol. The number of nitrogens with zero attached hydrogens (tertiary/aromatic N) is 1. The van der Waals surface area contributed by atoms with Crippen molar-refractivity contribution in [2.24, 2.45) is 5.92 Å². The van der Waals surface area contributed by atoms with Gasteiger partial charge in [-0.3, -0.25) is 9.59 Å². The molecule has 0 bridgehead atoms. The van der Waals surface area contributed by atoms with Crippen LogP contribution in [0.15, 0.2) is 59.8 Å². The van der Waals surface area contributed by atoms with Gasteiger partial charge in [0.2, 0.25) is 5.91 Å². The molecule has 0 aliphatic rings. The van der Waals surface area contributed by atoms with E-state index in [1.165, 1.54) is 7.11 Å². The fourth-order valence-corrected chi connectivity index (χ4v) is 4.36. The highest BCUT2D eigenvalue weighted by Gasteiger charge is 2.32. The maximum atomic E-state index is 13.5. The Labute approximate surface area is 245 Å². The van der Waals surface area contributed by atoms with Crippen LogP contribution in [0.4, 0.5) is 4.79 Å². The normalized spacial score (nSPS) is 13.4. The van der Waals surface area contributed by atoms with Gasteiger partial charge in [0, 0.05) is 6.20 Å². The molecule has 3 atom stereocenters. The Balaban J connectivity index is 2.24. The number of amides is 3. The number of hydrogen-bond acceptors (Lipinski definition) is 9. The Morgan fingerprint density at radius 1 is 0.902 bits per heavy atom. The number of carbonyl (C=O) groups is 4. The van der Waals surface area contributed by atoms with Crippen LogP contribution in [-0.4, -0.2) is 65.6 Å². The van der Waals surface area contributed by atoms with Crippen LogP contribution >= 0.6 is 11.8 Å². The second-order valence-corrected chi connectivity index (χ2v) is 11.7. The maximum absolute atomic E-state index is 13.5. The standard InChI is InChI=1S/C29H40N4O7S/c1-19(2)16-21(27(36)38-6)31-25(35)26(41-23-14-10-11-15-30-23)33-24(34)22(32-28(37)40-29(3,4)5)18-39-17-20-12-8-7-9-13-20/h7-15,19,21-22,26H,16-18H2,1-6H3,(H,31,35)(H,32,37)(H,33,34)/t21-,22-,26?/m0/s1. The third-order valence-corrected chi connectivity index (χ3v) is 6.35. The Bertz CT molecular complexity index is 1130. The summed E-state index contributed by atoms with van der Waals surface area (Å²) >= 11 is 0.980. The molecule has 3 amide bonds. The zero-order valence-electron chi connectivity index (χ0n) is 24.3. The second-order valence-electron chi connectivity index (χ2n) is 10.6. The van der Waals surface area contributed by atoms with Crippen molar-refractivity contribution < 1.29 is 33.4 Å². The first-order valence-electron chi connectivity index (χ1n) is 13.3. The van der Waals surface area contributed by atoms with Crippen LogP contribution in [0.3, 0.4) is 0 Å². The molecule has 0 saturated carbocycles. The van der Waals surface area contributed by atoms with Crippen molar-refractivity contribution in [3.05, 3.63) is 60.3 Å². The molecule has 1 aromatic carbocycles. The van der Waals surface area contributed by atoms with Crippen LogP contribution in [0.5, 0.6) is 0 Å². The third-order valence-electron chi connectivity index (χ3n) is 5.30. The highest BCUT2D eigenvalue weighted by atomic mass is 32.2. The lowest BCUT2D eigenvalue weighted by Gasteiger charge is -2.26. The van der Waals surface area contributed by atoms with Gasteiger partial charge in [-0.25, -0.2) is 14.6 Å². The molecule has 0 aliphatic heterocycles. The molecule has 2 rings (SSSR count). The molecule has 1 unspecified atom stereocenters. The zero-order chi connectivity index (χ0) is 30.4. The number of esters is 1. The van der Waals surface area contributed by atoms with Crippen molar-refractivity contribution in [2.75, 3.05) is 13.7 Å². The van der Waals surface area contributed by atoms with E-state index in [-0.39, 0.29) is 19.1 Å². The van der Waals surface area contributed by atoms with Crippen molar-refractivity contribution in [3.63, 3.8) is 0 Å². The van der Waals surface area contributed by atoms with E-state index in [0.29, 0.717) is 11.4 Å². The molecule has 0 fully saturated rings. The van der Waals surface area contributed by atoms with Crippen LogP contribution in [-0.2, 0) is 35.2 Å². The Morgan fingerprint density at radius 3 is 2.17 bits per heavy atom. The van der Waals surface area contributed by atoms with E-state index in [2.05, 4.69) is 20.9 Å². The van der Waals surface area contributed by atoms with Gasteiger partial charge in [0.05, 0.1) is 25.3 Å². The quantitative estimate of drug-likeness (QED) is 0.172. The van der Waals surface area contributed by atoms with Gasteiger partial charge in [0.1, 0.15) is 17.7 Å². The summed E-state index contributed by atoms with van der Waals surface area (Å²) in [5.41, 5.74) is 0.0814. The number of alkyl carbamates (subject to hydrolysis) is 1. The van der Waals surface area contributed by atoms with Crippen LogP contribution in [0.1, 0.15) is 46.6 Å². The first-order valence-corrected chi connectivity index (χ1v) is 14.1. The highest BCUT2D eigenvalue weighted by Crippen LogP contribution is 2.20. The van der Waals surface area contributed by atoms with E-state index in [0.717, 1.165) is 17.3 Å². The smallest absolute Gasteiger partial charge is 0.408 e. The van der Waals surface area contributed by atoms with E-state index in [4.69, 9.17) is 14.2 Å². The van der Waals surface area contributed by atoms with Crippen LogP contribution < -0.4 is 16.0 Å². The summed E-state index contributed by atoms with van der Waals surface area (Å²) in [6.45, 7) is 8.92. The summed E-state index contributed by atoms with van der Waals surface area (Å²) in [4.78, 5) is 56.0. The predicted molar refractivity (Wildman–Crippen MR) is 155 cm³/mol. The number of benzene rings is 1. The number of aromatic nitrogens is 1. The van der Waals surface area contributed by atoms with Gasteiger partial charge in [-0.1, -0.05) is 62.0 Å². The van der Waals surface area contributed by atoms with Crippen LogP contribution in [0.2, 0.25) is 0 Å². The van der Waals surface area contributed by atoms with Gasteiger partial charge >= 0.3 is 12.1 Å². The molecule has 11 nitrogen and oxygen atoms in total. The first-order chi connectivity index (χ1) is 19.4. The molecule has 224 valence electrons. The van der Waals surface area contributed by atoms with Crippen molar-refractivity contribution in [1.82, 2.24) is 20.9 Å². The van der Waals surface area contributed by atoms with Crippen molar-refractivity contribution >= 4 is 35.6 Å². The topological polar surface area (TPSA) is 145 Å². The van der Waals surface area contributed by atoms with Crippen LogP contribution in [0, 0.1) is 5.92 Å². The zero-order valence-corrected chi connectivity index (χ0v) is 25.2. The fraction of sp³-hybridized carbons (Fsp3) is 0.483. The number of methoxy groups -OCH3 is 1. The lowest BCUT2D eigenvalue weighted by atomic mass is 10.0. The second kappa shape index (κ2) is 16.6. The number of pyridine rings is 1. The molecule has 1 aromatic heterocycles. The minimum absolute atomic E-state index is 0.0834. The average molecular weight is 589 g/mol. The fourth-order valence-electron chi connectivity index (χ4n) is 3.49. The van der Waals surface area contributed by atoms with E-state index in [9.17, 15) is 19.2 Å². The number of carbonyl (C=O) groups excluding carboxylic acids is 4. The number of ether oxygens (including phenoxy) is 3. The Morgan fingerprint density at radius 2 is 1.59 bits per heavy atom. The third kappa shape index (κ3) is 13.0. The minimum Gasteiger partial charge on any atom is -0.467 e. The van der Waals surface area contributed by atoms with Gasteiger partial charge in [-0.15, -0.1) is 0 Å². The Hall–Kier alpha value is -3.64. The van der Waals surface area contributed by atoms with Gasteiger partial charge in [0.25, 0.3) is 5.91 Å². The van der Waals surface area contributed by atoms with E-state index < -0.39 is 46.9 Å². The molecule has 41 heavy (non-hydrogen) atoms. The number of rotatable bonds is 14. The SMILES string of the molecule is COC(=O)[C@H](CC(C)C)NC(=O)C(NC(=O)[C@H](COCc1ccccc1)NC(=O)OC(C)(C)C)Sc1ccccn1. The summed E-state index contributed by atoms with van der Waals surface area (Å²) < 4.78 is 15.9. The Kier molecular flexibility index (Phi) is 13.6. The molecule has 12 heteroatoms. The van der Waals surface area contributed by atoms with Gasteiger partial charge in [-0.2, -0.15) is 0 Å². The molecule has 3 N–H and O–H groups in total. The summed E-state index contributed by atoms with van der Waals surface area (Å²) in [7, 11) is 1.24. The molecule has 1 heterocycles. The molecular formula is C29H40N4O7S. The lowest BCUT2D eigenvalue weighted by Crippen LogP contribution is -2.56. The van der Waals surface area contributed by atoms with E-state index in [1.54, 1.807) is 45.2 Å². The lowest BCUT2D eigenvalue weighted by molar-refractivity contribution is -0.145. The average Bonchev–Trinajstić information content (AvgIpc) is 2.91. The number of hydrogen-bond donors (Lipinski definition) is 3. The van der Waals surface area contributed by atoms with Crippen molar-refractivity contribution in [2.45, 2.75) is 75.7 Å². The molecule has 0 aliphatic carbocycles. The van der Waals surface area contributed by atoms with Gasteiger partial charge < -0.3 is 30.2 Å². The summed E-state index contributed by atoms with van der Waals surface area (Å²) in [5.74, 6) is -1.84. The van der Waals surface area contributed by atoms with Crippen molar-refractivity contribution in [1.29, 1.82) is 0 Å². The highest BCUT2D eigenvalue weighted by molar-refractivity contribution is 8.00. The summed E-state index contributed by atoms with van der Waals surface area (Å²) in [6, 6.07) is 12.4. The van der Waals surface area contributed by atoms with E-state index >= 15 is 0 Å². The molecule has 0 spiro atoms. The maximum Gasteiger partial charge on any atom is 0.408 e. The molecule has 2 aromatic rings. The monoisotopic (exact) mass is 588 g/mol. The van der Waals surface area contributed by atoms with Crippen molar-refractivity contribution in [3.8, 4) is 0 Å². The summed E-state index contributed by atoms with van der Waals surface area (Å²) in [6.07, 6.45) is 1.07. The molecule has 0 radical (unpaired) electrons. The van der Waals surface area contributed by atoms with Gasteiger partial charge in [-0.05, 0) is 50.8 Å². The number of nitrogens with one attached hydrogen (secondary N) is 3. The van der Waals surface area contributed by atoms with E-state index in [1.807, 2.05) is 44.2 Å². The van der Waals surface area contributed by atoms with Crippen LogP contribution in [0.25, 0.3) is 0 Å². The summed E-state index contributed by atoms with van der Waals surface area (Å²) in [5, 5.41) is 7.14. The molecule has 0 saturated heterocycles. The largest absolute Gasteiger partial charge is 0.467 e. The predicted octanol–water partition coefficient (Wildman–Crippen LogP) is 3.43. The minimum atomic E-state index is -1.20.